The molecule has 0 aliphatic rings. The van der Waals surface area contributed by atoms with Crippen LogP contribution in [0.3, 0.4) is 0 Å². The fourth-order valence-electron chi connectivity index (χ4n) is 2.98. The third kappa shape index (κ3) is 7.48. The summed E-state index contributed by atoms with van der Waals surface area (Å²) in [6, 6.07) is 10.7. The van der Waals surface area contributed by atoms with Gasteiger partial charge < -0.3 is 19.5 Å². The van der Waals surface area contributed by atoms with Crippen molar-refractivity contribution in [1.82, 2.24) is 5.32 Å². The highest BCUT2D eigenvalue weighted by Gasteiger charge is 2.24. The van der Waals surface area contributed by atoms with E-state index in [-0.39, 0.29) is 22.1 Å². The first kappa shape index (κ1) is 26.7. The molecule has 0 heterocycles. The number of ether oxygens (including phenoxy) is 3. The van der Waals surface area contributed by atoms with E-state index in [2.05, 4.69) is 14.8 Å². The van der Waals surface area contributed by atoms with Crippen molar-refractivity contribution in [2.75, 3.05) is 25.5 Å². The standard InChI is InChI=1S/C23H28N2O8S/c1-15(2)13-20(23(28)32-4)24-21(26)14-33-22(27)18-7-5-6-8-19(18)25-34(29,30)17-11-9-16(31-3)10-12-17/h5-12,15,20,25H,13-14H2,1-4H3,(H,24,26). The maximum absolute atomic E-state index is 12.7. The van der Waals surface area contributed by atoms with Gasteiger partial charge in [-0.2, -0.15) is 0 Å². The number of hydrogen-bond acceptors (Lipinski definition) is 8. The monoisotopic (exact) mass is 492 g/mol. The molecule has 0 radical (unpaired) electrons. The summed E-state index contributed by atoms with van der Waals surface area (Å²) in [7, 11) is -1.33. The third-order valence-corrected chi connectivity index (χ3v) is 6.00. The Morgan fingerprint density at radius 3 is 2.21 bits per heavy atom. The van der Waals surface area contributed by atoms with E-state index < -0.39 is 40.5 Å². The molecule has 0 aromatic heterocycles. The van der Waals surface area contributed by atoms with E-state index in [1.165, 1.54) is 56.7 Å². The molecule has 1 atom stereocenters. The number of sulfonamides is 1. The summed E-state index contributed by atoms with van der Waals surface area (Å²) in [6.07, 6.45) is 0.350. The lowest BCUT2D eigenvalue weighted by molar-refractivity contribution is -0.145. The zero-order chi connectivity index (χ0) is 25.3. The Labute approximate surface area is 198 Å². The first-order valence-corrected chi connectivity index (χ1v) is 11.9. The molecule has 2 aromatic rings. The molecule has 184 valence electrons. The van der Waals surface area contributed by atoms with Gasteiger partial charge >= 0.3 is 11.9 Å². The summed E-state index contributed by atoms with van der Waals surface area (Å²) >= 11 is 0. The lowest BCUT2D eigenvalue weighted by Gasteiger charge is -2.18. The maximum atomic E-state index is 12.7. The van der Waals surface area contributed by atoms with Crippen LogP contribution in [0.25, 0.3) is 0 Å². The average molecular weight is 493 g/mol. The second kappa shape index (κ2) is 12.0. The Hall–Kier alpha value is -3.60. The number of para-hydroxylation sites is 1. The third-order valence-electron chi connectivity index (χ3n) is 4.62. The highest BCUT2D eigenvalue weighted by molar-refractivity contribution is 7.92. The molecular weight excluding hydrogens is 464 g/mol. The van der Waals surface area contributed by atoms with Crippen LogP contribution in [-0.4, -0.2) is 53.1 Å². The Balaban J connectivity index is 2.08. The molecule has 2 N–H and O–H groups in total. The summed E-state index contributed by atoms with van der Waals surface area (Å²) in [5, 5.41) is 2.48. The number of nitrogens with one attached hydrogen (secondary N) is 2. The van der Waals surface area contributed by atoms with Gasteiger partial charge in [0.25, 0.3) is 15.9 Å². The summed E-state index contributed by atoms with van der Waals surface area (Å²) in [4.78, 5) is 36.6. The Kier molecular flexibility index (Phi) is 9.43. The van der Waals surface area contributed by atoms with Gasteiger partial charge in [-0.25, -0.2) is 18.0 Å². The zero-order valence-corrected chi connectivity index (χ0v) is 20.2. The van der Waals surface area contributed by atoms with Gasteiger partial charge in [0.1, 0.15) is 11.8 Å². The predicted octanol–water partition coefficient (Wildman–Crippen LogP) is 2.36. The number of hydrogen-bond donors (Lipinski definition) is 2. The lowest BCUT2D eigenvalue weighted by atomic mass is 10.0. The smallest absolute Gasteiger partial charge is 0.340 e. The van der Waals surface area contributed by atoms with Crippen molar-refractivity contribution in [3.63, 3.8) is 0 Å². The second-order valence-corrected chi connectivity index (χ2v) is 9.36. The summed E-state index contributed by atoms with van der Waals surface area (Å²) in [5.41, 5.74) is -0.102. The average Bonchev–Trinajstić information content (AvgIpc) is 2.81. The molecule has 0 saturated carbocycles. The van der Waals surface area contributed by atoms with Crippen LogP contribution in [0.2, 0.25) is 0 Å². The molecule has 1 amide bonds. The van der Waals surface area contributed by atoms with Gasteiger partial charge in [-0.1, -0.05) is 26.0 Å². The van der Waals surface area contributed by atoms with Crippen LogP contribution in [0, 0.1) is 5.92 Å². The quantitative estimate of drug-likeness (QED) is 0.456. The minimum Gasteiger partial charge on any atom is -0.497 e. The number of anilines is 1. The first-order chi connectivity index (χ1) is 16.1. The summed E-state index contributed by atoms with van der Waals surface area (Å²) in [6.45, 7) is 3.10. The molecule has 0 saturated heterocycles. The van der Waals surface area contributed by atoms with Gasteiger partial charge in [-0.3, -0.25) is 9.52 Å². The molecule has 2 aromatic carbocycles. The van der Waals surface area contributed by atoms with Crippen LogP contribution in [0.1, 0.15) is 30.6 Å². The topological polar surface area (TPSA) is 137 Å². The molecule has 0 fully saturated rings. The minimum absolute atomic E-state index is 0.0176. The van der Waals surface area contributed by atoms with Crippen molar-refractivity contribution in [1.29, 1.82) is 0 Å². The Bertz CT molecular complexity index is 1110. The molecule has 0 bridgehead atoms. The molecule has 34 heavy (non-hydrogen) atoms. The van der Waals surface area contributed by atoms with Crippen molar-refractivity contribution < 1.29 is 37.0 Å². The number of esters is 2. The first-order valence-electron chi connectivity index (χ1n) is 10.4. The van der Waals surface area contributed by atoms with Crippen LogP contribution in [0.15, 0.2) is 53.4 Å². The van der Waals surface area contributed by atoms with E-state index in [1.54, 1.807) is 6.07 Å². The van der Waals surface area contributed by atoms with Gasteiger partial charge in [0.15, 0.2) is 6.61 Å². The van der Waals surface area contributed by atoms with Crippen LogP contribution in [0.5, 0.6) is 5.75 Å². The normalized spacial score (nSPS) is 11.9. The number of rotatable bonds is 11. The van der Waals surface area contributed by atoms with Gasteiger partial charge in [0, 0.05) is 0 Å². The van der Waals surface area contributed by atoms with E-state index in [1.807, 2.05) is 13.8 Å². The summed E-state index contributed by atoms with van der Waals surface area (Å²) in [5.74, 6) is -1.62. The molecule has 0 spiro atoms. The molecule has 0 aliphatic heterocycles. The SMILES string of the molecule is COC(=O)C(CC(C)C)NC(=O)COC(=O)c1ccccc1NS(=O)(=O)c1ccc(OC)cc1. The highest BCUT2D eigenvalue weighted by atomic mass is 32.2. The van der Waals surface area contributed by atoms with Crippen LogP contribution in [-0.2, 0) is 29.1 Å². The molecule has 10 nitrogen and oxygen atoms in total. The van der Waals surface area contributed by atoms with Crippen molar-refractivity contribution in [3.05, 3.63) is 54.1 Å². The van der Waals surface area contributed by atoms with Gasteiger partial charge in [-0.15, -0.1) is 0 Å². The Morgan fingerprint density at radius 1 is 0.971 bits per heavy atom. The van der Waals surface area contributed by atoms with Crippen molar-refractivity contribution in [2.24, 2.45) is 5.92 Å². The fourth-order valence-corrected chi connectivity index (χ4v) is 4.06. The number of carbonyl (C=O) groups excluding carboxylic acids is 3. The molecule has 2 rings (SSSR count). The van der Waals surface area contributed by atoms with E-state index in [9.17, 15) is 22.8 Å². The second-order valence-electron chi connectivity index (χ2n) is 7.68. The van der Waals surface area contributed by atoms with Crippen molar-refractivity contribution in [3.8, 4) is 5.75 Å². The largest absolute Gasteiger partial charge is 0.497 e. The molecule has 11 heteroatoms. The minimum atomic E-state index is -4.01. The van der Waals surface area contributed by atoms with Crippen LogP contribution in [0.4, 0.5) is 5.69 Å². The number of carbonyl (C=O) groups is 3. The highest BCUT2D eigenvalue weighted by Crippen LogP contribution is 2.22. The van der Waals surface area contributed by atoms with Gasteiger partial charge in [0.2, 0.25) is 0 Å². The molecule has 0 aliphatic carbocycles. The lowest BCUT2D eigenvalue weighted by Crippen LogP contribution is -2.44. The van der Waals surface area contributed by atoms with E-state index in [0.29, 0.717) is 12.2 Å². The maximum Gasteiger partial charge on any atom is 0.340 e. The van der Waals surface area contributed by atoms with Crippen LogP contribution >= 0.6 is 0 Å². The molecule has 1 unspecified atom stereocenters. The molecular formula is C23H28N2O8S. The number of methoxy groups -OCH3 is 2. The van der Waals surface area contributed by atoms with E-state index in [4.69, 9.17) is 9.47 Å². The van der Waals surface area contributed by atoms with E-state index in [0.717, 1.165) is 0 Å². The fraction of sp³-hybridized carbons (Fsp3) is 0.348. The zero-order valence-electron chi connectivity index (χ0n) is 19.4. The van der Waals surface area contributed by atoms with Crippen molar-refractivity contribution in [2.45, 2.75) is 31.2 Å². The van der Waals surface area contributed by atoms with Gasteiger partial charge in [0.05, 0.1) is 30.4 Å². The van der Waals surface area contributed by atoms with Crippen LogP contribution < -0.4 is 14.8 Å². The number of benzene rings is 2. The van der Waals surface area contributed by atoms with E-state index >= 15 is 0 Å². The predicted molar refractivity (Wildman–Crippen MR) is 124 cm³/mol. The van der Waals surface area contributed by atoms with Gasteiger partial charge in [-0.05, 0) is 48.7 Å². The number of amides is 1. The Morgan fingerprint density at radius 2 is 1.62 bits per heavy atom. The van der Waals surface area contributed by atoms with Crippen molar-refractivity contribution >= 4 is 33.6 Å². The summed E-state index contributed by atoms with van der Waals surface area (Å²) < 4.78 is 42.6.